The van der Waals surface area contributed by atoms with Crippen LogP contribution in [0.3, 0.4) is 0 Å². The molecule has 3 amide bonds. The second kappa shape index (κ2) is 13.7. The predicted molar refractivity (Wildman–Crippen MR) is 160 cm³/mol. The van der Waals surface area contributed by atoms with Crippen LogP contribution in [-0.2, 0) is 17.8 Å². The first-order valence-electron chi connectivity index (χ1n) is 14.2. The number of nitrogens with zero attached hydrogens (tertiary/aromatic N) is 3. The van der Waals surface area contributed by atoms with Gasteiger partial charge in [0.25, 0.3) is 0 Å². The molecule has 4 N–H and O–H groups in total. The highest BCUT2D eigenvalue weighted by molar-refractivity contribution is 6.00. The van der Waals surface area contributed by atoms with E-state index in [9.17, 15) is 24.6 Å². The summed E-state index contributed by atoms with van der Waals surface area (Å²) in [5.74, 6) is -0.175. The molecule has 2 aromatic carbocycles. The Morgan fingerprint density at radius 1 is 1.16 bits per heavy atom. The van der Waals surface area contributed by atoms with E-state index in [2.05, 4.69) is 20.7 Å². The van der Waals surface area contributed by atoms with E-state index < -0.39 is 12.0 Å². The Morgan fingerprint density at radius 2 is 1.88 bits per heavy atom. The average molecular weight is 594 g/mol. The lowest BCUT2D eigenvalue weighted by Gasteiger charge is -2.34. The highest BCUT2D eigenvalue weighted by Gasteiger charge is 2.31. The van der Waals surface area contributed by atoms with Gasteiger partial charge < -0.3 is 35.0 Å². The van der Waals surface area contributed by atoms with Crippen molar-refractivity contribution in [3.05, 3.63) is 70.6 Å². The number of nitrogens with one attached hydrogen (secondary N) is 2. The number of ether oxygens (including phenoxy) is 1. The molecule has 0 saturated heterocycles. The van der Waals surface area contributed by atoms with Gasteiger partial charge >= 0.3 is 12.0 Å². The Morgan fingerprint density at radius 3 is 2.51 bits per heavy atom. The van der Waals surface area contributed by atoms with Gasteiger partial charge in [-0.3, -0.25) is 9.69 Å². The van der Waals surface area contributed by atoms with Crippen LogP contribution in [0.1, 0.15) is 46.8 Å². The Bertz CT molecular complexity index is 1440. The number of likely N-dealkylation sites (N-methyl/N-ethyl adjacent to an activating group) is 1. The van der Waals surface area contributed by atoms with Gasteiger partial charge in [0.2, 0.25) is 5.91 Å². The van der Waals surface area contributed by atoms with Gasteiger partial charge in [0.05, 0.1) is 24.6 Å². The summed E-state index contributed by atoms with van der Waals surface area (Å²) in [6.45, 7) is 8.57. The molecule has 4 rings (SSSR count). The van der Waals surface area contributed by atoms with Crippen LogP contribution >= 0.6 is 0 Å². The molecule has 3 aromatic rings. The minimum Gasteiger partial charge on any atom is -0.488 e. The molecule has 0 fully saturated rings. The van der Waals surface area contributed by atoms with Gasteiger partial charge in [0, 0.05) is 36.8 Å². The van der Waals surface area contributed by atoms with Crippen LogP contribution in [0.4, 0.5) is 16.2 Å². The SMILES string of the molecule is Cc1noc(C)c1NC(=O)Nc1ccc2c(c1)CC(=O)N([C@@H](C)CO)C[C@@H](C)[C@H](CN(C)Cc1ccc(C(=O)O)cc1)O2. The molecule has 1 aliphatic rings. The van der Waals surface area contributed by atoms with Gasteiger partial charge in [-0.25, -0.2) is 9.59 Å². The van der Waals surface area contributed by atoms with E-state index in [-0.39, 0.29) is 42.6 Å². The van der Waals surface area contributed by atoms with Crippen molar-refractivity contribution in [2.24, 2.45) is 5.92 Å². The number of carboxylic acids is 1. The standard InChI is InChI=1S/C31H39N5O7/c1-18-14-36(19(2)17-37)28(38)13-24-12-25(32-31(41)33-29-20(3)34-43-21(29)4)10-11-26(24)42-27(18)16-35(5)15-22-6-8-23(9-7-22)30(39)40/h6-12,18-19,27,37H,13-17H2,1-5H3,(H,39,40)(H2,32,33,41)/t18-,19+,27+/m1/s1. The summed E-state index contributed by atoms with van der Waals surface area (Å²) in [6, 6.07) is 11.1. The monoisotopic (exact) mass is 593 g/mol. The molecule has 0 spiro atoms. The lowest BCUT2D eigenvalue weighted by atomic mass is 10.0. The van der Waals surface area contributed by atoms with Crippen molar-refractivity contribution >= 4 is 29.3 Å². The molecule has 2 heterocycles. The van der Waals surface area contributed by atoms with Gasteiger partial charge in [-0.1, -0.05) is 24.2 Å². The zero-order chi connectivity index (χ0) is 31.3. The molecule has 0 unspecified atom stereocenters. The molecule has 1 aromatic heterocycles. The van der Waals surface area contributed by atoms with Crippen molar-refractivity contribution in [3.63, 3.8) is 0 Å². The number of benzene rings is 2. The van der Waals surface area contributed by atoms with Gasteiger partial charge in [0.15, 0.2) is 5.76 Å². The van der Waals surface area contributed by atoms with E-state index in [0.717, 1.165) is 5.56 Å². The fourth-order valence-corrected chi connectivity index (χ4v) is 5.10. The average Bonchev–Trinajstić information content (AvgIpc) is 3.29. The maximum absolute atomic E-state index is 13.5. The number of amides is 3. The minimum absolute atomic E-state index is 0.0336. The van der Waals surface area contributed by atoms with Crippen LogP contribution in [0.15, 0.2) is 47.0 Å². The van der Waals surface area contributed by atoms with E-state index in [1.165, 1.54) is 0 Å². The number of aromatic nitrogens is 1. The first-order valence-corrected chi connectivity index (χ1v) is 14.2. The molecule has 1 aliphatic heterocycles. The molecule has 43 heavy (non-hydrogen) atoms. The number of hydrogen-bond acceptors (Lipinski definition) is 8. The van der Waals surface area contributed by atoms with Crippen molar-refractivity contribution in [1.29, 1.82) is 0 Å². The topological polar surface area (TPSA) is 157 Å². The molecule has 12 heteroatoms. The molecule has 0 saturated carbocycles. The Balaban J connectivity index is 1.55. The highest BCUT2D eigenvalue weighted by atomic mass is 16.5. The van der Waals surface area contributed by atoms with Gasteiger partial charge in [-0.15, -0.1) is 0 Å². The fourth-order valence-electron chi connectivity index (χ4n) is 5.10. The number of anilines is 2. The zero-order valence-electron chi connectivity index (χ0n) is 25.1. The molecule has 0 radical (unpaired) electrons. The molecule has 0 aliphatic carbocycles. The maximum Gasteiger partial charge on any atom is 0.335 e. The number of aryl methyl sites for hydroxylation is 2. The first kappa shape index (κ1) is 31.5. The highest BCUT2D eigenvalue weighted by Crippen LogP contribution is 2.30. The quantitative estimate of drug-likeness (QED) is 0.289. The molecule has 230 valence electrons. The summed E-state index contributed by atoms with van der Waals surface area (Å²) < 4.78 is 11.7. The molecule has 0 bridgehead atoms. The Labute approximate surface area is 250 Å². The first-order chi connectivity index (χ1) is 20.4. The third-order valence-electron chi connectivity index (χ3n) is 7.59. The van der Waals surface area contributed by atoms with Gasteiger partial charge in [-0.2, -0.15) is 0 Å². The van der Waals surface area contributed by atoms with Crippen molar-refractivity contribution in [3.8, 4) is 5.75 Å². The van der Waals surface area contributed by atoms with Crippen molar-refractivity contribution in [1.82, 2.24) is 15.0 Å². The number of fused-ring (bicyclic) bond motifs is 1. The van der Waals surface area contributed by atoms with Crippen LogP contribution in [0.25, 0.3) is 0 Å². The number of carbonyl (C=O) groups excluding carboxylic acids is 2. The lowest BCUT2D eigenvalue weighted by Crippen LogP contribution is -2.47. The van der Waals surface area contributed by atoms with Crippen LogP contribution in [0, 0.1) is 19.8 Å². The minimum atomic E-state index is -0.970. The van der Waals surface area contributed by atoms with Crippen LogP contribution < -0.4 is 15.4 Å². The van der Waals surface area contributed by atoms with Crippen molar-refractivity contribution in [2.75, 3.05) is 37.4 Å². The molecular weight excluding hydrogens is 554 g/mol. The third-order valence-corrected chi connectivity index (χ3v) is 7.59. The summed E-state index contributed by atoms with van der Waals surface area (Å²) in [4.78, 5) is 41.2. The van der Waals surface area contributed by atoms with Crippen LogP contribution in [0.2, 0.25) is 0 Å². The van der Waals surface area contributed by atoms with E-state index >= 15 is 0 Å². The van der Waals surface area contributed by atoms with Crippen molar-refractivity contribution in [2.45, 2.75) is 52.8 Å². The van der Waals surface area contributed by atoms with E-state index in [0.29, 0.717) is 53.8 Å². The zero-order valence-corrected chi connectivity index (χ0v) is 25.1. The number of rotatable bonds is 9. The number of carbonyl (C=O) groups is 3. The Hall–Kier alpha value is -4.42. The number of aromatic carboxylic acids is 1. The van der Waals surface area contributed by atoms with Crippen LogP contribution in [-0.4, -0.2) is 82.0 Å². The van der Waals surface area contributed by atoms with E-state index in [4.69, 9.17) is 9.26 Å². The number of hydrogen-bond donors (Lipinski definition) is 4. The van der Waals surface area contributed by atoms with Gasteiger partial charge in [-0.05, 0) is 63.7 Å². The van der Waals surface area contributed by atoms with Crippen molar-refractivity contribution < 1.29 is 33.9 Å². The summed E-state index contributed by atoms with van der Waals surface area (Å²) in [6.07, 6.45) is -0.283. The largest absolute Gasteiger partial charge is 0.488 e. The Kier molecular flexibility index (Phi) is 10.0. The number of aliphatic hydroxyl groups excluding tert-OH is 1. The van der Waals surface area contributed by atoms with E-state index in [1.54, 1.807) is 61.2 Å². The summed E-state index contributed by atoms with van der Waals surface area (Å²) >= 11 is 0. The van der Waals surface area contributed by atoms with Crippen LogP contribution in [0.5, 0.6) is 5.75 Å². The third kappa shape index (κ3) is 7.90. The number of carboxylic acid groups (broad SMARTS) is 1. The second-order valence-corrected chi connectivity index (χ2v) is 11.2. The normalized spacial score (nSPS) is 17.7. The summed E-state index contributed by atoms with van der Waals surface area (Å²) in [7, 11) is 1.96. The number of aliphatic hydroxyl groups is 1. The summed E-state index contributed by atoms with van der Waals surface area (Å²) in [5.41, 5.74) is 3.33. The molecule has 3 atom stereocenters. The number of urea groups is 1. The molecule has 12 nitrogen and oxygen atoms in total. The molecular formula is C31H39N5O7. The second-order valence-electron chi connectivity index (χ2n) is 11.2. The lowest BCUT2D eigenvalue weighted by molar-refractivity contribution is -0.134. The predicted octanol–water partition coefficient (Wildman–Crippen LogP) is 3.91. The van der Waals surface area contributed by atoms with E-state index in [1.807, 2.05) is 20.9 Å². The smallest absolute Gasteiger partial charge is 0.335 e. The summed E-state index contributed by atoms with van der Waals surface area (Å²) in [5, 5.41) is 28.5. The maximum atomic E-state index is 13.5. The fraction of sp³-hybridized carbons (Fsp3) is 0.419. The van der Waals surface area contributed by atoms with Gasteiger partial charge in [0.1, 0.15) is 23.2 Å².